The summed E-state index contributed by atoms with van der Waals surface area (Å²) in [6.07, 6.45) is -1.04. The Morgan fingerprint density at radius 3 is 2.55 bits per heavy atom. The highest BCUT2D eigenvalue weighted by molar-refractivity contribution is 9.10. The molecule has 20 heavy (non-hydrogen) atoms. The normalized spacial score (nSPS) is 10.1. The van der Waals surface area contributed by atoms with Crippen LogP contribution in [0.3, 0.4) is 0 Å². The Labute approximate surface area is 125 Å². The van der Waals surface area contributed by atoms with Crippen molar-refractivity contribution in [1.29, 1.82) is 0 Å². The van der Waals surface area contributed by atoms with Crippen LogP contribution < -0.4 is 10.1 Å². The van der Waals surface area contributed by atoms with Crippen molar-refractivity contribution in [3.8, 4) is 5.75 Å². The number of halogens is 1. The molecule has 0 atom stereocenters. The zero-order valence-corrected chi connectivity index (χ0v) is 12.3. The van der Waals surface area contributed by atoms with Crippen LogP contribution in [0, 0.1) is 0 Å². The van der Waals surface area contributed by atoms with Gasteiger partial charge in [0.25, 0.3) is 0 Å². The number of hydrogen-bond acceptors (Lipinski definition) is 2. The first-order chi connectivity index (χ1) is 9.65. The maximum absolute atomic E-state index is 10.4. The van der Waals surface area contributed by atoms with E-state index in [0.29, 0.717) is 6.61 Å². The van der Waals surface area contributed by atoms with Crippen LogP contribution in [0.2, 0.25) is 0 Å². The van der Waals surface area contributed by atoms with Crippen LogP contribution >= 0.6 is 15.9 Å². The second kappa shape index (κ2) is 6.96. The van der Waals surface area contributed by atoms with Gasteiger partial charge >= 0.3 is 6.09 Å². The molecule has 0 saturated carbocycles. The first kappa shape index (κ1) is 14.4. The number of hydrogen-bond donors (Lipinski definition) is 2. The third kappa shape index (κ3) is 4.28. The monoisotopic (exact) mass is 335 g/mol. The molecule has 0 aliphatic heterocycles. The van der Waals surface area contributed by atoms with Gasteiger partial charge in [0.1, 0.15) is 12.4 Å². The van der Waals surface area contributed by atoms with Gasteiger partial charge in [-0.1, -0.05) is 36.4 Å². The van der Waals surface area contributed by atoms with E-state index >= 15 is 0 Å². The molecule has 0 aliphatic carbocycles. The number of ether oxygens (including phenoxy) is 1. The highest BCUT2D eigenvalue weighted by atomic mass is 79.9. The second-order valence-corrected chi connectivity index (χ2v) is 5.05. The van der Waals surface area contributed by atoms with E-state index in [1.807, 2.05) is 48.5 Å². The lowest BCUT2D eigenvalue weighted by Crippen LogP contribution is -2.19. The predicted octanol–water partition coefficient (Wildman–Crippen LogP) is 3.80. The molecule has 2 aromatic rings. The van der Waals surface area contributed by atoms with Gasteiger partial charge in [-0.2, -0.15) is 0 Å². The molecule has 0 spiro atoms. The van der Waals surface area contributed by atoms with Gasteiger partial charge in [0, 0.05) is 6.54 Å². The van der Waals surface area contributed by atoms with E-state index in [2.05, 4.69) is 21.2 Å². The van der Waals surface area contributed by atoms with Crippen LogP contribution in [0.25, 0.3) is 0 Å². The molecular formula is C15H14BrNO3. The van der Waals surface area contributed by atoms with Gasteiger partial charge in [0.15, 0.2) is 0 Å². The fraction of sp³-hybridized carbons (Fsp3) is 0.133. The first-order valence-corrected chi connectivity index (χ1v) is 6.86. The minimum Gasteiger partial charge on any atom is -0.488 e. The highest BCUT2D eigenvalue weighted by Gasteiger charge is 2.04. The third-order valence-corrected chi connectivity index (χ3v) is 3.30. The standard InChI is InChI=1S/C15H14BrNO3/c16-13-8-12(9-17-15(18)19)6-7-14(13)20-10-11-4-2-1-3-5-11/h1-8,17H,9-10H2,(H,18,19). The second-order valence-electron chi connectivity index (χ2n) is 4.20. The van der Waals surface area contributed by atoms with E-state index in [1.54, 1.807) is 0 Å². The van der Waals surface area contributed by atoms with Gasteiger partial charge in [-0.3, -0.25) is 0 Å². The van der Waals surface area contributed by atoms with Crippen LogP contribution in [0.5, 0.6) is 5.75 Å². The Hall–Kier alpha value is -2.01. The third-order valence-electron chi connectivity index (χ3n) is 2.68. The fourth-order valence-corrected chi connectivity index (χ4v) is 2.23. The van der Waals surface area contributed by atoms with E-state index in [0.717, 1.165) is 21.3 Å². The average Bonchev–Trinajstić information content (AvgIpc) is 2.45. The van der Waals surface area contributed by atoms with Crippen LogP contribution in [-0.2, 0) is 13.2 Å². The molecule has 0 saturated heterocycles. The van der Waals surface area contributed by atoms with E-state index in [9.17, 15) is 4.79 Å². The molecule has 0 aliphatic rings. The quantitative estimate of drug-likeness (QED) is 0.873. The van der Waals surface area contributed by atoms with Crippen molar-refractivity contribution in [3.63, 3.8) is 0 Å². The smallest absolute Gasteiger partial charge is 0.404 e. The SMILES string of the molecule is O=C(O)NCc1ccc(OCc2ccccc2)c(Br)c1. The van der Waals surface area contributed by atoms with Crippen molar-refractivity contribution in [3.05, 3.63) is 64.1 Å². The summed E-state index contributed by atoms with van der Waals surface area (Å²) in [6, 6.07) is 15.4. The summed E-state index contributed by atoms with van der Waals surface area (Å²) >= 11 is 3.43. The number of nitrogens with one attached hydrogen (secondary N) is 1. The molecule has 2 aromatic carbocycles. The largest absolute Gasteiger partial charge is 0.488 e. The number of carbonyl (C=O) groups is 1. The fourth-order valence-electron chi connectivity index (χ4n) is 1.68. The lowest BCUT2D eigenvalue weighted by Gasteiger charge is -2.10. The van der Waals surface area contributed by atoms with Crippen LogP contribution in [-0.4, -0.2) is 11.2 Å². The molecule has 0 aromatic heterocycles. The summed E-state index contributed by atoms with van der Waals surface area (Å²) in [4.78, 5) is 10.4. The molecule has 0 fully saturated rings. The molecule has 0 heterocycles. The maximum Gasteiger partial charge on any atom is 0.404 e. The highest BCUT2D eigenvalue weighted by Crippen LogP contribution is 2.26. The Morgan fingerprint density at radius 2 is 1.90 bits per heavy atom. The molecule has 104 valence electrons. The van der Waals surface area contributed by atoms with E-state index in [4.69, 9.17) is 9.84 Å². The molecule has 0 radical (unpaired) electrons. The Balaban J connectivity index is 1.97. The van der Waals surface area contributed by atoms with E-state index in [1.165, 1.54) is 0 Å². The number of amides is 1. The molecule has 0 bridgehead atoms. The van der Waals surface area contributed by atoms with Crippen molar-refractivity contribution in [2.45, 2.75) is 13.2 Å². The maximum atomic E-state index is 10.4. The molecule has 5 heteroatoms. The summed E-state index contributed by atoms with van der Waals surface area (Å²) in [6.45, 7) is 0.763. The topological polar surface area (TPSA) is 58.6 Å². The van der Waals surface area contributed by atoms with Crippen molar-refractivity contribution in [2.75, 3.05) is 0 Å². The number of carboxylic acid groups (broad SMARTS) is 1. The zero-order chi connectivity index (χ0) is 14.4. The lowest BCUT2D eigenvalue weighted by atomic mass is 10.2. The van der Waals surface area contributed by atoms with Gasteiger partial charge in [-0.25, -0.2) is 4.79 Å². The summed E-state index contributed by atoms with van der Waals surface area (Å²) in [7, 11) is 0. The number of rotatable bonds is 5. The van der Waals surface area contributed by atoms with Gasteiger partial charge in [-0.15, -0.1) is 0 Å². The van der Waals surface area contributed by atoms with Crippen molar-refractivity contribution in [2.24, 2.45) is 0 Å². The van der Waals surface area contributed by atoms with Crippen LogP contribution in [0.1, 0.15) is 11.1 Å². The van der Waals surface area contributed by atoms with Crippen molar-refractivity contribution in [1.82, 2.24) is 5.32 Å². The summed E-state index contributed by atoms with van der Waals surface area (Å²) in [5, 5.41) is 10.9. The molecule has 2 N–H and O–H groups in total. The van der Waals surface area contributed by atoms with Gasteiger partial charge < -0.3 is 15.2 Å². The van der Waals surface area contributed by atoms with E-state index < -0.39 is 6.09 Å². The average molecular weight is 336 g/mol. The Kier molecular flexibility index (Phi) is 5.01. The van der Waals surface area contributed by atoms with Crippen molar-refractivity contribution < 1.29 is 14.6 Å². The molecular weight excluding hydrogens is 322 g/mol. The van der Waals surface area contributed by atoms with Crippen LogP contribution in [0.15, 0.2) is 53.0 Å². The molecule has 2 rings (SSSR count). The summed E-state index contributed by atoms with van der Waals surface area (Å²) in [5.41, 5.74) is 1.96. The molecule has 1 amide bonds. The van der Waals surface area contributed by atoms with Gasteiger partial charge in [-0.05, 0) is 39.2 Å². The molecule has 0 unspecified atom stereocenters. The minimum atomic E-state index is -1.04. The summed E-state index contributed by atoms with van der Waals surface area (Å²) in [5.74, 6) is 0.730. The van der Waals surface area contributed by atoms with E-state index in [-0.39, 0.29) is 6.54 Å². The Morgan fingerprint density at radius 1 is 1.15 bits per heavy atom. The minimum absolute atomic E-state index is 0.271. The first-order valence-electron chi connectivity index (χ1n) is 6.07. The zero-order valence-electron chi connectivity index (χ0n) is 10.7. The van der Waals surface area contributed by atoms with Gasteiger partial charge in [0.05, 0.1) is 4.47 Å². The molecule has 4 nitrogen and oxygen atoms in total. The predicted molar refractivity (Wildman–Crippen MR) is 79.8 cm³/mol. The lowest BCUT2D eigenvalue weighted by molar-refractivity contribution is 0.194. The van der Waals surface area contributed by atoms with Crippen molar-refractivity contribution >= 4 is 22.0 Å². The number of benzene rings is 2. The van der Waals surface area contributed by atoms with Crippen LogP contribution in [0.4, 0.5) is 4.79 Å². The van der Waals surface area contributed by atoms with Gasteiger partial charge in [0.2, 0.25) is 0 Å². The summed E-state index contributed by atoms with van der Waals surface area (Å²) < 4.78 is 6.52. The Bertz CT molecular complexity index is 587.